The van der Waals surface area contributed by atoms with Crippen LogP contribution in [-0.2, 0) is 17.2 Å². The normalized spacial score (nSPS) is 10.0. The summed E-state index contributed by atoms with van der Waals surface area (Å²) in [5.41, 5.74) is 0. The molecule has 1 rings (SSSR count). The van der Waals surface area contributed by atoms with Gasteiger partial charge in [0.15, 0.2) is 0 Å². The maximum Gasteiger partial charge on any atom is 0.240 e. The monoisotopic (exact) mass is 202 g/mol. The molecule has 72 valence electrons. The Hall–Kier alpha value is -1.10. The first-order valence-electron chi connectivity index (χ1n) is 3.97. The van der Waals surface area contributed by atoms with Crippen LogP contribution in [0.25, 0.3) is 0 Å². The highest BCUT2D eigenvalue weighted by molar-refractivity contribution is 6.16. The summed E-state index contributed by atoms with van der Waals surface area (Å²) in [4.78, 5) is 11.1. The van der Waals surface area contributed by atoms with Crippen molar-refractivity contribution < 1.29 is 4.79 Å². The summed E-state index contributed by atoms with van der Waals surface area (Å²) in [5, 5.41) is 10.1. The van der Waals surface area contributed by atoms with Crippen LogP contribution in [0.2, 0.25) is 0 Å². The van der Waals surface area contributed by atoms with E-state index in [1.807, 2.05) is 6.92 Å². The Kier molecular flexibility index (Phi) is 3.70. The second kappa shape index (κ2) is 4.81. The first kappa shape index (κ1) is 9.98. The predicted octanol–water partition coefficient (Wildman–Crippen LogP) is 0.153. The highest BCUT2D eigenvalue weighted by Crippen LogP contribution is 1.98. The number of likely N-dealkylation sites (N-methyl/N-ethyl adjacent to an activating group) is 1. The molecule has 1 aromatic rings. The van der Waals surface area contributed by atoms with Crippen molar-refractivity contribution in [3.63, 3.8) is 0 Å². The van der Waals surface area contributed by atoms with Crippen molar-refractivity contribution in [1.82, 2.24) is 20.1 Å². The van der Waals surface area contributed by atoms with E-state index in [1.165, 1.54) is 6.33 Å². The number of carbonyl (C=O) groups excluding carboxylic acids is 1. The minimum atomic E-state index is -0.0614. The van der Waals surface area contributed by atoms with Crippen LogP contribution in [0.3, 0.4) is 0 Å². The Bertz CT molecular complexity index is 286. The van der Waals surface area contributed by atoms with Crippen molar-refractivity contribution in [2.75, 3.05) is 6.54 Å². The number of rotatable bonds is 4. The summed E-state index contributed by atoms with van der Waals surface area (Å²) in [6, 6.07) is 0. The molecular weight excluding hydrogens is 192 g/mol. The molecule has 13 heavy (non-hydrogen) atoms. The quantitative estimate of drug-likeness (QED) is 0.708. The highest BCUT2D eigenvalue weighted by Gasteiger charge is 2.06. The maximum atomic E-state index is 11.1. The van der Waals surface area contributed by atoms with Crippen LogP contribution < -0.4 is 5.32 Å². The number of hydrogen-bond donors (Lipinski definition) is 1. The molecule has 1 heterocycles. The lowest BCUT2D eigenvalue weighted by Gasteiger charge is -2.03. The third-order valence-electron chi connectivity index (χ3n) is 1.50. The summed E-state index contributed by atoms with van der Waals surface area (Å²) < 4.78 is 1.62. The van der Waals surface area contributed by atoms with Gasteiger partial charge in [0.1, 0.15) is 18.7 Å². The fraction of sp³-hybridized carbons (Fsp3) is 0.571. The third-order valence-corrected chi connectivity index (χ3v) is 1.74. The standard InChI is InChI=1S/C7H11ClN4O/c1-2-9-7(13)4-12-5-10-11-6(12)3-8/h5H,2-4H2,1H3,(H,9,13). The molecule has 0 aromatic carbocycles. The average Bonchev–Trinajstić information content (AvgIpc) is 2.52. The largest absolute Gasteiger partial charge is 0.355 e. The molecule has 0 saturated carbocycles. The first-order chi connectivity index (χ1) is 6.27. The van der Waals surface area contributed by atoms with Crippen LogP contribution in [0.1, 0.15) is 12.7 Å². The van der Waals surface area contributed by atoms with Crippen molar-refractivity contribution >= 4 is 17.5 Å². The Morgan fingerprint density at radius 2 is 2.54 bits per heavy atom. The summed E-state index contributed by atoms with van der Waals surface area (Å²) in [6.45, 7) is 2.71. The molecule has 0 bridgehead atoms. The maximum absolute atomic E-state index is 11.1. The number of nitrogens with one attached hydrogen (secondary N) is 1. The number of nitrogens with zero attached hydrogens (tertiary/aromatic N) is 3. The van der Waals surface area contributed by atoms with E-state index in [4.69, 9.17) is 11.6 Å². The van der Waals surface area contributed by atoms with Gasteiger partial charge >= 0.3 is 0 Å². The van der Waals surface area contributed by atoms with Gasteiger partial charge in [-0.25, -0.2) is 0 Å². The number of amides is 1. The molecule has 1 N–H and O–H groups in total. The number of hydrogen-bond acceptors (Lipinski definition) is 3. The van der Waals surface area contributed by atoms with Crippen LogP contribution in [0, 0.1) is 0 Å². The number of halogens is 1. The van der Waals surface area contributed by atoms with E-state index in [0.717, 1.165) is 0 Å². The molecule has 0 aliphatic carbocycles. The third kappa shape index (κ3) is 2.69. The van der Waals surface area contributed by atoms with Crippen LogP contribution in [0.4, 0.5) is 0 Å². The Balaban J connectivity index is 2.57. The van der Waals surface area contributed by atoms with Crippen LogP contribution in [0.5, 0.6) is 0 Å². The molecule has 0 aliphatic rings. The molecule has 0 radical (unpaired) electrons. The molecule has 0 atom stereocenters. The van der Waals surface area contributed by atoms with Crippen molar-refractivity contribution in [3.8, 4) is 0 Å². The van der Waals surface area contributed by atoms with Crippen LogP contribution in [0.15, 0.2) is 6.33 Å². The van der Waals surface area contributed by atoms with Crippen molar-refractivity contribution in [2.45, 2.75) is 19.3 Å². The summed E-state index contributed by atoms with van der Waals surface area (Å²) in [6.07, 6.45) is 1.49. The van der Waals surface area contributed by atoms with Gasteiger partial charge in [0, 0.05) is 6.54 Å². The Morgan fingerprint density at radius 1 is 1.77 bits per heavy atom. The molecular formula is C7H11ClN4O. The summed E-state index contributed by atoms with van der Waals surface area (Å²) in [5.74, 6) is 0.806. The second-order valence-corrected chi connectivity index (χ2v) is 2.73. The molecule has 5 nitrogen and oxygen atoms in total. The molecule has 0 aliphatic heterocycles. The molecule has 6 heteroatoms. The molecule has 0 fully saturated rings. The molecule has 0 spiro atoms. The van der Waals surface area contributed by atoms with Crippen LogP contribution in [-0.4, -0.2) is 27.2 Å². The Morgan fingerprint density at radius 3 is 3.15 bits per heavy atom. The Labute approximate surface area is 81.1 Å². The van der Waals surface area contributed by atoms with Gasteiger partial charge in [-0.1, -0.05) is 0 Å². The minimum absolute atomic E-state index is 0.0614. The van der Waals surface area contributed by atoms with Gasteiger partial charge in [-0.05, 0) is 6.92 Å². The lowest BCUT2D eigenvalue weighted by molar-refractivity contribution is -0.121. The molecule has 1 amide bonds. The van der Waals surface area contributed by atoms with Gasteiger partial charge in [-0.2, -0.15) is 0 Å². The second-order valence-electron chi connectivity index (χ2n) is 2.46. The highest BCUT2D eigenvalue weighted by atomic mass is 35.5. The van der Waals surface area contributed by atoms with E-state index in [1.54, 1.807) is 4.57 Å². The van der Waals surface area contributed by atoms with Gasteiger partial charge in [0.2, 0.25) is 5.91 Å². The molecule has 1 aromatic heterocycles. The summed E-state index contributed by atoms with van der Waals surface area (Å²) in [7, 11) is 0. The van der Waals surface area contributed by atoms with Gasteiger partial charge in [0.05, 0.1) is 5.88 Å². The lowest BCUT2D eigenvalue weighted by atomic mass is 10.5. The summed E-state index contributed by atoms with van der Waals surface area (Å²) >= 11 is 5.58. The average molecular weight is 203 g/mol. The zero-order valence-electron chi connectivity index (χ0n) is 7.33. The van der Waals surface area contributed by atoms with E-state index < -0.39 is 0 Å². The van der Waals surface area contributed by atoms with E-state index in [2.05, 4.69) is 15.5 Å². The van der Waals surface area contributed by atoms with Gasteiger partial charge in [-0.3, -0.25) is 4.79 Å². The van der Waals surface area contributed by atoms with E-state index in [-0.39, 0.29) is 18.3 Å². The molecule has 0 saturated heterocycles. The van der Waals surface area contributed by atoms with E-state index in [9.17, 15) is 4.79 Å². The lowest BCUT2D eigenvalue weighted by Crippen LogP contribution is -2.27. The zero-order chi connectivity index (χ0) is 9.68. The first-order valence-corrected chi connectivity index (χ1v) is 4.50. The van der Waals surface area contributed by atoms with Crippen molar-refractivity contribution in [2.24, 2.45) is 0 Å². The van der Waals surface area contributed by atoms with Crippen molar-refractivity contribution in [1.29, 1.82) is 0 Å². The zero-order valence-corrected chi connectivity index (χ0v) is 8.08. The number of alkyl halides is 1. The SMILES string of the molecule is CCNC(=O)Cn1cnnc1CCl. The van der Waals surface area contributed by atoms with Gasteiger partial charge in [-0.15, -0.1) is 21.8 Å². The van der Waals surface area contributed by atoms with Crippen molar-refractivity contribution in [3.05, 3.63) is 12.2 Å². The number of carbonyl (C=O) groups is 1. The fourth-order valence-corrected chi connectivity index (χ4v) is 1.13. The van der Waals surface area contributed by atoms with E-state index >= 15 is 0 Å². The minimum Gasteiger partial charge on any atom is -0.355 e. The van der Waals surface area contributed by atoms with E-state index in [0.29, 0.717) is 12.4 Å². The van der Waals surface area contributed by atoms with Crippen LogP contribution >= 0.6 is 11.6 Å². The molecule has 0 unspecified atom stereocenters. The fourth-order valence-electron chi connectivity index (χ4n) is 0.922. The topological polar surface area (TPSA) is 59.8 Å². The van der Waals surface area contributed by atoms with Gasteiger partial charge < -0.3 is 9.88 Å². The smallest absolute Gasteiger partial charge is 0.240 e. The predicted molar refractivity (Wildman–Crippen MR) is 48.3 cm³/mol. The van der Waals surface area contributed by atoms with Gasteiger partial charge in [0.25, 0.3) is 0 Å². The number of aromatic nitrogens is 3.